The van der Waals surface area contributed by atoms with Crippen molar-refractivity contribution in [3.05, 3.63) is 0 Å². The van der Waals surface area contributed by atoms with E-state index in [1.54, 1.807) is 0 Å². The van der Waals surface area contributed by atoms with Crippen LogP contribution in [0.4, 0.5) is 4.79 Å². The number of rotatable bonds is 15. The smallest absolute Gasteiger partial charge is 0.318 e. The van der Waals surface area contributed by atoms with Crippen molar-refractivity contribution in [2.45, 2.75) is 129 Å². The highest BCUT2D eigenvalue weighted by atomic mass is 79.9. The second-order valence-electron chi connectivity index (χ2n) is 8.36. The van der Waals surface area contributed by atoms with Crippen molar-refractivity contribution in [1.29, 1.82) is 0 Å². The molecule has 0 aliphatic rings. The molecule has 0 aromatic carbocycles. The number of imide groups is 1. The van der Waals surface area contributed by atoms with Gasteiger partial charge < -0.3 is 5.73 Å². The molecule has 0 radical (unpaired) electrons. The summed E-state index contributed by atoms with van der Waals surface area (Å²) in [6.07, 6.45) is 17.0. The molecule has 2 unspecified atom stereocenters. The number of halogens is 1. The van der Waals surface area contributed by atoms with Crippen LogP contribution in [0.15, 0.2) is 0 Å². The Morgan fingerprint density at radius 1 is 0.828 bits per heavy atom. The zero-order valence-corrected chi connectivity index (χ0v) is 21.7. The first kappa shape index (κ1) is 30.6. The Balaban J connectivity index is 0. The highest BCUT2D eigenvalue weighted by Gasteiger charge is 2.32. The lowest BCUT2D eigenvalue weighted by molar-refractivity contribution is -0.122. The van der Waals surface area contributed by atoms with Crippen molar-refractivity contribution in [2.24, 2.45) is 17.6 Å². The Bertz CT molecular complexity index is 412. The molecule has 0 spiro atoms. The van der Waals surface area contributed by atoms with Gasteiger partial charge in [-0.3, -0.25) is 10.1 Å². The van der Waals surface area contributed by atoms with Gasteiger partial charge in [-0.05, 0) is 24.7 Å². The van der Waals surface area contributed by atoms with Crippen molar-refractivity contribution >= 4 is 27.9 Å². The van der Waals surface area contributed by atoms with Crippen molar-refractivity contribution in [1.82, 2.24) is 5.32 Å². The Morgan fingerprint density at radius 3 is 1.79 bits per heavy atom. The predicted octanol–water partition coefficient (Wildman–Crippen LogP) is 7.72. The number of hydrogen-bond acceptors (Lipinski definition) is 2. The molecule has 2 atom stereocenters. The van der Waals surface area contributed by atoms with Gasteiger partial charge in [0.1, 0.15) is 4.32 Å². The Labute approximate surface area is 189 Å². The number of primary amides is 1. The summed E-state index contributed by atoms with van der Waals surface area (Å²) in [4.78, 5) is 21.6. The van der Waals surface area contributed by atoms with Crippen LogP contribution >= 0.6 is 15.9 Å². The van der Waals surface area contributed by atoms with E-state index < -0.39 is 10.4 Å². The van der Waals surface area contributed by atoms with Crippen LogP contribution in [0.1, 0.15) is 125 Å². The van der Waals surface area contributed by atoms with Crippen molar-refractivity contribution in [3.8, 4) is 0 Å². The highest BCUT2D eigenvalue weighted by molar-refractivity contribution is 9.10. The molecule has 29 heavy (non-hydrogen) atoms. The summed E-state index contributed by atoms with van der Waals surface area (Å²) in [5, 5.41) is 2.04. The number of amides is 3. The van der Waals surface area contributed by atoms with E-state index in [1.807, 2.05) is 19.2 Å². The molecule has 0 aliphatic carbocycles. The number of urea groups is 1. The standard InChI is InChI=1S/C17H36.C7H13BrN2O2/c1-5-8-10-11-12-15-17(14-9-6-2)16(4)13-7-3;1-3-7(8,4-2)5(11)10-6(9)12/h16-17H,5-15H2,1-4H3;3-4H2,1-2H3,(H3,9,10,11,12). The molecule has 174 valence electrons. The Morgan fingerprint density at radius 2 is 1.34 bits per heavy atom. The fourth-order valence-corrected chi connectivity index (χ4v) is 3.77. The van der Waals surface area contributed by atoms with Gasteiger partial charge >= 0.3 is 6.03 Å². The molecule has 0 saturated heterocycles. The minimum absolute atomic E-state index is 0.375. The molecule has 0 aromatic heterocycles. The quantitative estimate of drug-likeness (QED) is 0.187. The third-order valence-corrected chi connectivity index (χ3v) is 7.40. The lowest BCUT2D eigenvalue weighted by Gasteiger charge is -2.23. The zero-order valence-electron chi connectivity index (χ0n) is 20.1. The predicted molar refractivity (Wildman–Crippen MR) is 130 cm³/mol. The molecule has 3 amide bonds. The summed E-state index contributed by atoms with van der Waals surface area (Å²) >= 11 is 3.26. The first-order chi connectivity index (χ1) is 13.7. The van der Waals surface area contributed by atoms with Crippen LogP contribution in [0.25, 0.3) is 0 Å². The lowest BCUT2D eigenvalue weighted by atomic mass is 9.82. The fraction of sp³-hybridized carbons (Fsp3) is 0.917. The van der Waals surface area contributed by atoms with Crippen LogP contribution in [0, 0.1) is 11.8 Å². The second kappa shape index (κ2) is 19.4. The molecule has 4 nitrogen and oxygen atoms in total. The molecule has 5 heteroatoms. The molecule has 0 aliphatic heterocycles. The number of nitrogens with two attached hydrogens (primary N) is 1. The minimum atomic E-state index is -0.814. The normalized spacial score (nSPS) is 13.2. The first-order valence-electron chi connectivity index (χ1n) is 12.0. The Kier molecular flexibility index (Phi) is 20.5. The number of hydrogen-bond donors (Lipinski definition) is 2. The van der Waals surface area contributed by atoms with Gasteiger partial charge in [0.05, 0.1) is 0 Å². The summed E-state index contributed by atoms with van der Waals surface area (Å²) in [5.41, 5.74) is 4.81. The van der Waals surface area contributed by atoms with E-state index in [4.69, 9.17) is 5.73 Å². The zero-order chi connectivity index (χ0) is 22.7. The molecular formula is C24H49BrN2O2. The average Bonchev–Trinajstić information content (AvgIpc) is 2.69. The first-order valence-corrected chi connectivity index (χ1v) is 12.8. The van der Waals surface area contributed by atoms with Gasteiger partial charge in [-0.25, -0.2) is 4.79 Å². The van der Waals surface area contributed by atoms with Gasteiger partial charge in [0, 0.05) is 0 Å². The third kappa shape index (κ3) is 15.9. The minimum Gasteiger partial charge on any atom is -0.351 e. The number of carbonyl (C=O) groups is 2. The summed E-state index contributed by atoms with van der Waals surface area (Å²) in [7, 11) is 0. The molecule has 0 rings (SSSR count). The van der Waals surface area contributed by atoms with E-state index in [-0.39, 0.29) is 5.91 Å². The van der Waals surface area contributed by atoms with E-state index in [0.29, 0.717) is 12.8 Å². The number of carbonyl (C=O) groups excluding carboxylic acids is 2. The molecule has 0 heterocycles. The van der Waals surface area contributed by atoms with Crippen LogP contribution in [0.3, 0.4) is 0 Å². The van der Waals surface area contributed by atoms with Gasteiger partial charge in [-0.2, -0.15) is 0 Å². The van der Waals surface area contributed by atoms with Gasteiger partial charge in [0.15, 0.2) is 0 Å². The summed E-state index contributed by atoms with van der Waals surface area (Å²) in [5.74, 6) is 1.59. The molecular weight excluding hydrogens is 428 g/mol. The molecule has 0 fully saturated rings. The van der Waals surface area contributed by atoms with E-state index in [1.165, 1.54) is 70.6 Å². The maximum Gasteiger partial charge on any atom is 0.318 e. The summed E-state index contributed by atoms with van der Waals surface area (Å²) in [6, 6.07) is -0.814. The number of nitrogens with one attached hydrogen (secondary N) is 1. The van der Waals surface area contributed by atoms with E-state index >= 15 is 0 Å². The monoisotopic (exact) mass is 476 g/mol. The highest BCUT2D eigenvalue weighted by Crippen LogP contribution is 2.28. The molecule has 3 N–H and O–H groups in total. The van der Waals surface area contributed by atoms with Gasteiger partial charge in [0.25, 0.3) is 0 Å². The van der Waals surface area contributed by atoms with Gasteiger partial charge in [-0.1, -0.05) is 128 Å². The van der Waals surface area contributed by atoms with E-state index in [9.17, 15) is 9.59 Å². The van der Waals surface area contributed by atoms with Gasteiger partial charge in [-0.15, -0.1) is 0 Å². The van der Waals surface area contributed by atoms with Crippen LogP contribution in [0.5, 0.6) is 0 Å². The van der Waals surface area contributed by atoms with Crippen LogP contribution in [-0.4, -0.2) is 16.3 Å². The van der Waals surface area contributed by atoms with Crippen LogP contribution in [-0.2, 0) is 4.79 Å². The summed E-state index contributed by atoms with van der Waals surface area (Å²) < 4.78 is -0.665. The van der Waals surface area contributed by atoms with E-state index in [2.05, 4.69) is 43.6 Å². The number of alkyl halides is 1. The van der Waals surface area contributed by atoms with Gasteiger partial charge in [0.2, 0.25) is 5.91 Å². The van der Waals surface area contributed by atoms with Crippen molar-refractivity contribution in [3.63, 3.8) is 0 Å². The molecule has 0 saturated carbocycles. The SMILES string of the molecule is CCC(Br)(CC)C(=O)NC(N)=O.CCCCCCCC(CCCC)C(C)CCC. The lowest BCUT2D eigenvalue weighted by Crippen LogP contribution is -2.46. The van der Waals surface area contributed by atoms with Crippen molar-refractivity contribution in [2.75, 3.05) is 0 Å². The average molecular weight is 478 g/mol. The fourth-order valence-electron chi connectivity index (χ4n) is 3.68. The second-order valence-corrected chi connectivity index (χ2v) is 9.88. The molecule has 0 aromatic rings. The van der Waals surface area contributed by atoms with Crippen LogP contribution in [0.2, 0.25) is 0 Å². The van der Waals surface area contributed by atoms with Crippen molar-refractivity contribution < 1.29 is 9.59 Å². The molecule has 0 bridgehead atoms. The maximum absolute atomic E-state index is 11.3. The Hall–Kier alpha value is -0.580. The third-order valence-electron chi connectivity index (χ3n) is 5.92. The summed E-state index contributed by atoms with van der Waals surface area (Å²) in [6.45, 7) is 13.2. The van der Waals surface area contributed by atoms with E-state index in [0.717, 1.165) is 11.8 Å². The van der Waals surface area contributed by atoms with Crippen LogP contribution < -0.4 is 11.1 Å². The topological polar surface area (TPSA) is 72.2 Å². The maximum atomic E-state index is 11.3. The largest absolute Gasteiger partial charge is 0.351 e. The number of unbranched alkanes of at least 4 members (excludes halogenated alkanes) is 5.